The topological polar surface area (TPSA) is 62.1 Å². The molecule has 1 amide bonds. The summed E-state index contributed by atoms with van der Waals surface area (Å²) in [4.78, 5) is 14.3. The second-order valence-electron chi connectivity index (χ2n) is 3.22. The minimum absolute atomic E-state index is 0.0139. The van der Waals surface area contributed by atoms with Crippen molar-refractivity contribution in [2.45, 2.75) is 6.23 Å². The minimum Gasteiger partial charge on any atom is -0.332 e. The zero-order valence-electron chi connectivity index (χ0n) is 9.41. The van der Waals surface area contributed by atoms with Crippen LogP contribution in [0, 0.1) is 22.1 Å². The molecule has 1 unspecified atom stereocenters. The van der Waals surface area contributed by atoms with Crippen molar-refractivity contribution >= 4 is 45.0 Å². The maximum absolute atomic E-state index is 11.8. The van der Waals surface area contributed by atoms with Gasteiger partial charge in [0.05, 0.1) is 0 Å². The number of carbonyl (C=O) groups excluding carboxylic acids is 1. The van der Waals surface area contributed by atoms with Gasteiger partial charge in [0.2, 0.25) is 6.23 Å². The van der Waals surface area contributed by atoms with E-state index in [2.05, 4.69) is 32.0 Å². The standard InChI is InChI=1S/C12H7BrCl2N2O2/c13-2-1-3-19-11(7-16)17-12(18)8-4-9(14)6-10(15)5-8/h4-6,11H,3H2,(H,17,18). The third kappa shape index (κ3) is 5.50. The molecule has 0 aliphatic carbocycles. The predicted molar refractivity (Wildman–Crippen MR) is 76.0 cm³/mol. The van der Waals surface area contributed by atoms with E-state index < -0.39 is 12.1 Å². The second-order valence-corrected chi connectivity index (χ2v) is 4.49. The van der Waals surface area contributed by atoms with E-state index in [1.165, 1.54) is 18.2 Å². The minimum atomic E-state index is -1.10. The maximum Gasteiger partial charge on any atom is 0.254 e. The first kappa shape index (κ1) is 15.8. The van der Waals surface area contributed by atoms with Crippen LogP contribution in [0.2, 0.25) is 10.0 Å². The van der Waals surface area contributed by atoms with Gasteiger partial charge in [0.15, 0.2) is 0 Å². The Morgan fingerprint density at radius 2 is 2.05 bits per heavy atom. The highest BCUT2D eigenvalue weighted by atomic mass is 79.9. The lowest BCUT2D eigenvalue weighted by atomic mass is 10.2. The van der Waals surface area contributed by atoms with Crippen LogP contribution < -0.4 is 5.32 Å². The lowest BCUT2D eigenvalue weighted by Gasteiger charge is -2.11. The fourth-order valence-electron chi connectivity index (χ4n) is 1.15. The summed E-state index contributed by atoms with van der Waals surface area (Å²) in [6.45, 7) is 0.0139. The van der Waals surface area contributed by atoms with Crippen molar-refractivity contribution in [1.82, 2.24) is 5.32 Å². The molecule has 1 N–H and O–H groups in total. The summed E-state index contributed by atoms with van der Waals surface area (Å²) in [5, 5.41) is 11.9. The van der Waals surface area contributed by atoms with Crippen LogP contribution in [0.25, 0.3) is 0 Å². The van der Waals surface area contributed by atoms with Crippen molar-refractivity contribution in [3.8, 4) is 16.8 Å². The molecular weight excluding hydrogens is 355 g/mol. The molecule has 1 atom stereocenters. The van der Waals surface area contributed by atoms with Gasteiger partial charge < -0.3 is 10.1 Å². The number of carbonyl (C=O) groups is 1. The molecule has 0 aromatic heterocycles. The van der Waals surface area contributed by atoms with Crippen LogP contribution in [-0.2, 0) is 4.74 Å². The molecule has 0 radical (unpaired) electrons. The number of hydrogen-bond acceptors (Lipinski definition) is 3. The molecule has 0 bridgehead atoms. The van der Waals surface area contributed by atoms with Crippen LogP contribution in [-0.4, -0.2) is 18.7 Å². The Labute approximate surface area is 128 Å². The number of benzene rings is 1. The summed E-state index contributed by atoms with van der Waals surface area (Å²) < 4.78 is 5.02. The van der Waals surface area contributed by atoms with Crippen molar-refractivity contribution in [2.24, 2.45) is 0 Å². The summed E-state index contributed by atoms with van der Waals surface area (Å²) in [5.41, 5.74) is 0.243. The van der Waals surface area contributed by atoms with E-state index in [-0.39, 0.29) is 12.2 Å². The third-order valence-electron chi connectivity index (χ3n) is 1.89. The zero-order chi connectivity index (χ0) is 14.3. The number of amides is 1. The fourth-order valence-corrected chi connectivity index (χ4v) is 1.79. The fraction of sp³-hybridized carbons (Fsp3) is 0.167. The summed E-state index contributed by atoms with van der Waals surface area (Å²) in [7, 11) is 0. The van der Waals surface area contributed by atoms with Gasteiger partial charge in [-0.05, 0) is 23.0 Å². The Balaban J connectivity index is 2.71. The predicted octanol–water partition coefficient (Wildman–Crippen LogP) is 2.95. The lowest BCUT2D eigenvalue weighted by molar-refractivity contribution is 0.0685. The van der Waals surface area contributed by atoms with Gasteiger partial charge in [-0.3, -0.25) is 4.79 Å². The molecule has 19 heavy (non-hydrogen) atoms. The van der Waals surface area contributed by atoms with Gasteiger partial charge in [-0.15, -0.1) is 0 Å². The summed E-state index contributed by atoms with van der Waals surface area (Å²) >= 11 is 14.4. The van der Waals surface area contributed by atoms with Crippen molar-refractivity contribution in [3.63, 3.8) is 0 Å². The van der Waals surface area contributed by atoms with Crippen LogP contribution in [0.4, 0.5) is 0 Å². The van der Waals surface area contributed by atoms with Gasteiger partial charge in [-0.2, -0.15) is 5.26 Å². The number of ether oxygens (including phenoxy) is 1. The first-order chi connectivity index (χ1) is 9.06. The maximum atomic E-state index is 11.8. The Morgan fingerprint density at radius 1 is 1.42 bits per heavy atom. The van der Waals surface area contributed by atoms with Crippen LogP contribution in [0.5, 0.6) is 0 Å². The Hall–Kier alpha value is -1.24. The third-order valence-corrected chi connectivity index (χ3v) is 2.61. The molecule has 1 aromatic carbocycles. The van der Waals surface area contributed by atoms with Gasteiger partial charge in [0.1, 0.15) is 12.7 Å². The smallest absolute Gasteiger partial charge is 0.254 e. The van der Waals surface area contributed by atoms with Gasteiger partial charge in [0, 0.05) is 31.5 Å². The Bertz CT molecular complexity index is 555. The molecule has 98 valence electrons. The summed E-state index contributed by atoms with van der Waals surface area (Å²) in [5.74, 6) is 2.03. The molecular formula is C12H7BrCl2N2O2. The number of halogens is 3. The molecule has 0 heterocycles. The number of nitrogens with zero attached hydrogens (tertiary/aromatic N) is 1. The Morgan fingerprint density at radius 3 is 2.58 bits per heavy atom. The molecule has 0 aliphatic heterocycles. The quantitative estimate of drug-likeness (QED) is 0.662. The molecule has 4 nitrogen and oxygen atoms in total. The molecule has 0 saturated carbocycles. The van der Waals surface area contributed by atoms with Crippen molar-refractivity contribution < 1.29 is 9.53 Å². The van der Waals surface area contributed by atoms with E-state index in [0.717, 1.165) is 0 Å². The molecule has 1 rings (SSSR count). The second kappa shape index (κ2) is 8.04. The number of nitriles is 1. The normalized spacial score (nSPS) is 10.8. The zero-order valence-corrected chi connectivity index (χ0v) is 12.5. The average Bonchev–Trinajstić information content (AvgIpc) is 2.36. The highest BCUT2D eigenvalue weighted by Crippen LogP contribution is 2.19. The first-order valence-electron chi connectivity index (χ1n) is 4.93. The van der Waals surface area contributed by atoms with E-state index in [9.17, 15) is 4.79 Å². The van der Waals surface area contributed by atoms with Gasteiger partial charge in [-0.25, -0.2) is 0 Å². The molecule has 0 fully saturated rings. The first-order valence-corrected chi connectivity index (χ1v) is 6.48. The van der Waals surface area contributed by atoms with Crippen molar-refractivity contribution in [3.05, 3.63) is 33.8 Å². The van der Waals surface area contributed by atoms with Gasteiger partial charge >= 0.3 is 0 Å². The molecule has 0 saturated heterocycles. The number of nitrogens with one attached hydrogen (secondary N) is 1. The SMILES string of the molecule is N#CC(NC(=O)c1cc(Cl)cc(Cl)c1)OCC#CBr. The summed E-state index contributed by atoms with van der Waals surface area (Å²) in [6, 6.07) is 6.17. The van der Waals surface area contributed by atoms with Gasteiger partial charge in [-0.1, -0.05) is 29.1 Å². The van der Waals surface area contributed by atoms with E-state index >= 15 is 0 Å². The number of hydrogen-bond donors (Lipinski definition) is 1. The van der Waals surface area contributed by atoms with Crippen molar-refractivity contribution in [1.29, 1.82) is 5.26 Å². The van der Waals surface area contributed by atoms with E-state index in [1.54, 1.807) is 6.07 Å². The highest BCUT2D eigenvalue weighted by Gasteiger charge is 2.14. The molecule has 7 heteroatoms. The van der Waals surface area contributed by atoms with E-state index in [1.807, 2.05) is 0 Å². The van der Waals surface area contributed by atoms with Crippen LogP contribution in [0.15, 0.2) is 18.2 Å². The molecule has 1 aromatic rings. The summed E-state index contributed by atoms with van der Waals surface area (Å²) in [6.07, 6.45) is -1.10. The van der Waals surface area contributed by atoms with Crippen LogP contribution >= 0.6 is 39.1 Å². The van der Waals surface area contributed by atoms with Crippen molar-refractivity contribution in [2.75, 3.05) is 6.61 Å². The monoisotopic (exact) mass is 360 g/mol. The van der Waals surface area contributed by atoms with E-state index in [4.69, 9.17) is 33.2 Å². The highest BCUT2D eigenvalue weighted by molar-refractivity contribution is 9.12. The van der Waals surface area contributed by atoms with Crippen LogP contribution in [0.1, 0.15) is 10.4 Å². The number of rotatable bonds is 4. The largest absolute Gasteiger partial charge is 0.332 e. The van der Waals surface area contributed by atoms with Crippen LogP contribution in [0.3, 0.4) is 0 Å². The molecule has 0 spiro atoms. The Kier molecular flexibility index (Phi) is 6.69. The molecule has 0 aliphatic rings. The van der Waals surface area contributed by atoms with E-state index in [0.29, 0.717) is 10.0 Å². The lowest BCUT2D eigenvalue weighted by Crippen LogP contribution is -2.35. The average molecular weight is 362 g/mol. The van der Waals surface area contributed by atoms with Gasteiger partial charge in [0.25, 0.3) is 5.91 Å².